The molecule has 2 unspecified atom stereocenters. The maximum atomic E-state index is 13.3. The van der Waals surface area contributed by atoms with Crippen LogP contribution >= 0.6 is 0 Å². The summed E-state index contributed by atoms with van der Waals surface area (Å²) < 4.78 is 24.6. The smallest absolute Gasteiger partial charge is 0.319 e. The van der Waals surface area contributed by atoms with Crippen LogP contribution in [0.3, 0.4) is 0 Å². The van der Waals surface area contributed by atoms with Gasteiger partial charge in [-0.25, -0.2) is 9.18 Å². The predicted octanol–water partition coefficient (Wildman–Crippen LogP) is 4.06. The summed E-state index contributed by atoms with van der Waals surface area (Å²) in [6.07, 6.45) is 4.06. The summed E-state index contributed by atoms with van der Waals surface area (Å²) in [4.78, 5) is 26.9. The normalized spacial score (nSPS) is 20.3. The highest BCUT2D eigenvalue weighted by Crippen LogP contribution is 2.21. The molecule has 0 aromatic heterocycles. The lowest BCUT2D eigenvalue weighted by Crippen LogP contribution is -2.44. The first kappa shape index (κ1) is 23.0. The maximum Gasteiger partial charge on any atom is 0.319 e. The number of benzene rings is 2. The highest BCUT2D eigenvalue weighted by molar-refractivity contribution is 5.94. The van der Waals surface area contributed by atoms with Gasteiger partial charge in [0, 0.05) is 37.5 Å². The van der Waals surface area contributed by atoms with Gasteiger partial charge >= 0.3 is 6.03 Å². The van der Waals surface area contributed by atoms with E-state index in [-0.39, 0.29) is 24.0 Å². The second kappa shape index (κ2) is 11.1. The third kappa shape index (κ3) is 6.68. The molecule has 2 aromatic rings. The number of rotatable bonds is 7. The number of carbonyl (C=O) groups is 2. The Kier molecular flexibility index (Phi) is 7.78. The second-order valence-corrected chi connectivity index (χ2v) is 8.58. The predicted molar refractivity (Wildman–Crippen MR) is 123 cm³/mol. The number of nitrogens with one attached hydrogen (secondary N) is 2. The number of amides is 3. The fourth-order valence-electron chi connectivity index (χ4n) is 4.24. The summed E-state index contributed by atoms with van der Waals surface area (Å²) in [7, 11) is 0. The number of hydrogen-bond acceptors (Lipinski definition) is 4. The molecule has 2 N–H and O–H groups in total. The van der Waals surface area contributed by atoms with Gasteiger partial charge in [-0.1, -0.05) is 6.07 Å². The van der Waals surface area contributed by atoms with E-state index in [1.54, 1.807) is 18.2 Å². The molecule has 7 nitrogen and oxygen atoms in total. The summed E-state index contributed by atoms with van der Waals surface area (Å²) in [5.41, 5.74) is 1.02. The molecular weight excluding hydrogens is 425 g/mol. The largest absolute Gasteiger partial charge is 0.491 e. The molecule has 3 amide bonds. The van der Waals surface area contributed by atoms with Gasteiger partial charge in [0.25, 0.3) is 5.91 Å². The van der Waals surface area contributed by atoms with Crippen molar-refractivity contribution in [3.8, 4) is 5.75 Å². The number of nitrogens with zero attached hydrogens (tertiary/aromatic N) is 1. The van der Waals surface area contributed by atoms with Crippen LogP contribution in [0, 0.1) is 11.7 Å². The topological polar surface area (TPSA) is 79.9 Å². The molecular formula is C25H30FN3O4. The molecule has 2 fully saturated rings. The van der Waals surface area contributed by atoms with E-state index in [1.165, 1.54) is 18.2 Å². The molecule has 0 radical (unpaired) electrons. The molecule has 176 valence electrons. The summed E-state index contributed by atoms with van der Waals surface area (Å²) in [6, 6.07) is 12.6. The fraction of sp³-hybridized carbons (Fsp3) is 0.440. The molecule has 0 spiro atoms. The van der Waals surface area contributed by atoms with Crippen molar-refractivity contribution in [3.63, 3.8) is 0 Å². The van der Waals surface area contributed by atoms with E-state index in [0.29, 0.717) is 37.5 Å². The number of carbonyl (C=O) groups excluding carboxylic acids is 2. The van der Waals surface area contributed by atoms with Crippen LogP contribution in [-0.2, 0) is 4.74 Å². The Balaban J connectivity index is 1.23. The third-order valence-electron chi connectivity index (χ3n) is 6.00. The molecule has 33 heavy (non-hydrogen) atoms. The average Bonchev–Trinajstić information content (AvgIpc) is 3.35. The maximum absolute atomic E-state index is 13.3. The SMILES string of the molecule is O=C(NCC1CCCN(C(=O)c2ccc(OCC3CCCO3)cc2)C1)Nc1cccc(F)c1. The average molecular weight is 456 g/mol. The van der Waals surface area contributed by atoms with Gasteiger partial charge in [0.05, 0.1) is 6.10 Å². The molecule has 2 aliphatic heterocycles. The van der Waals surface area contributed by atoms with Crippen molar-refractivity contribution in [2.75, 3.05) is 38.2 Å². The molecule has 8 heteroatoms. The summed E-state index contributed by atoms with van der Waals surface area (Å²) >= 11 is 0. The zero-order valence-electron chi connectivity index (χ0n) is 18.6. The van der Waals surface area contributed by atoms with E-state index < -0.39 is 5.82 Å². The quantitative estimate of drug-likeness (QED) is 0.660. The van der Waals surface area contributed by atoms with Gasteiger partial charge < -0.3 is 25.0 Å². The van der Waals surface area contributed by atoms with Crippen LogP contribution in [0.1, 0.15) is 36.0 Å². The number of hydrogen-bond donors (Lipinski definition) is 2. The Bertz CT molecular complexity index is 947. The van der Waals surface area contributed by atoms with Crippen LogP contribution in [0.4, 0.5) is 14.9 Å². The Morgan fingerprint density at radius 3 is 2.73 bits per heavy atom. The van der Waals surface area contributed by atoms with Crippen LogP contribution < -0.4 is 15.4 Å². The van der Waals surface area contributed by atoms with E-state index in [4.69, 9.17) is 9.47 Å². The van der Waals surface area contributed by atoms with Crippen molar-refractivity contribution in [1.29, 1.82) is 0 Å². The molecule has 0 saturated carbocycles. The standard InChI is InChI=1S/C25H30FN3O4/c26-20-5-1-6-21(14-20)28-25(31)27-15-18-4-2-12-29(16-18)24(30)19-8-10-22(11-9-19)33-17-23-7-3-13-32-23/h1,5-6,8-11,14,18,23H,2-4,7,12-13,15-17H2,(H2,27,28,31). The molecule has 2 atom stereocenters. The van der Waals surface area contributed by atoms with Crippen molar-refractivity contribution in [2.45, 2.75) is 31.8 Å². The monoisotopic (exact) mass is 455 g/mol. The summed E-state index contributed by atoms with van der Waals surface area (Å²) in [5, 5.41) is 5.45. The zero-order valence-corrected chi connectivity index (χ0v) is 18.6. The molecule has 2 heterocycles. The van der Waals surface area contributed by atoms with Gasteiger partial charge in [0.1, 0.15) is 18.2 Å². The molecule has 2 aromatic carbocycles. The van der Waals surface area contributed by atoms with E-state index in [0.717, 1.165) is 38.0 Å². The third-order valence-corrected chi connectivity index (χ3v) is 6.00. The minimum absolute atomic E-state index is 0.0189. The van der Waals surface area contributed by atoms with Crippen molar-refractivity contribution >= 4 is 17.6 Å². The number of anilines is 1. The zero-order chi connectivity index (χ0) is 23.0. The second-order valence-electron chi connectivity index (χ2n) is 8.58. The van der Waals surface area contributed by atoms with Crippen molar-refractivity contribution in [2.24, 2.45) is 5.92 Å². The van der Waals surface area contributed by atoms with Crippen molar-refractivity contribution in [1.82, 2.24) is 10.2 Å². The van der Waals surface area contributed by atoms with E-state index >= 15 is 0 Å². The molecule has 2 aliphatic rings. The molecule has 0 bridgehead atoms. The van der Waals surface area contributed by atoms with Gasteiger partial charge in [-0.05, 0) is 74.1 Å². The lowest BCUT2D eigenvalue weighted by atomic mass is 9.97. The molecule has 4 rings (SSSR count). The van der Waals surface area contributed by atoms with Gasteiger partial charge in [-0.15, -0.1) is 0 Å². The van der Waals surface area contributed by atoms with Gasteiger partial charge in [-0.3, -0.25) is 4.79 Å². The highest BCUT2D eigenvalue weighted by atomic mass is 19.1. The first-order valence-corrected chi connectivity index (χ1v) is 11.5. The van der Waals surface area contributed by atoms with Crippen LogP contribution in [-0.4, -0.2) is 55.8 Å². The van der Waals surface area contributed by atoms with Crippen molar-refractivity contribution in [3.05, 3.63) is 59.9 Å². The van der Waals surface area contributed by atoms with E-state index in [2.05, 4.69) is 10.6 Å². The van der Waals surface area contributed by atoms with Gasteiger partial charge in [0.15, 0.2) is 0 Å². The highest BCUT2D eigenvalue weighted by Gasteiger charge is 2.25. The summed E-state index contributed by atoms with van der Waals surface area (Å²) in [5.74, 6) is 0.466. The Hall–Kier alpha value is -3.13. The van der Waals surface area contributed by atoms with Crippen molar-refractivity contribution < 1.29 is 23.5 Å². The number of ether oxygens (including phenoxy) is 2. The number of likely N-dealkylation sites (tertiary alicyclic amines) is 1. The lowest BCUT2D eigenvalue weighted by Gasteiger charge is -2.33. The minimum Gasteiger partial charge on any atom is -0.491 e. The molecule has 0 aliphatic carbocycles. The Morgan fingerprint density at radius 2 is 1.97 bits per heavy atom. The first-order valence-electron chi connectivity index (χ1n) is 11.5. The van der Waals surface area contributed by atoms with Crippen LogP contribution in [0.25, 0.3) is 0 Å². The van der Waals surface area contributed by atoms with E-state index in [9.17, 15) is 14.0 Å². The fourth-order valence-corrected chi connectivity index (χ4v) is 4.24. The Labute approximate surface area is 193 Å². The van der Waals surface area contributed by atoms with Crippen LogP contribution in [0.2, 0.25) is 0 Å². The van der Waals surface area contributed by atoms with Crippen LogP contribution in [0.15, 0.2) is 48.5 Å². The minimum atomic E-state index is -0.406. The molecule has 2 saturated heterocycles. The number of piperidine rings is 1. The van der Waals surface area contributed by atoms with Crippen LogP contribution in [0.5, 0.6) is 5.75 Å². The Morgan fingerprint density at radius 1 is 1.12 bits per heavy atom. The van der Waals surface area contributed by atoms with E-state index in [1.807, 2.05) is 17.0 Å². The number of halogens is 1. The van der Waals surface area contributed by atoms with Gasteiger partial charge in [0.2, 0.25) is 0 Å². The number of urea groups is 1. The lowest BCUT2D eigenvalue weighted by molar-refractivity contribution is 0.0668. The van der Waals surface area contributed by atoms with Gasteiger partial charge in [-0.2, -0.15) is 0 Å². The summed E-state index contributed by atoms with van der Waals surface area (Å²) in [6.45, 7) is 3.05. The first-order chi connectivity index (χ1) is 16.1.